The Balaban J connectivity index is 0.00000225. The minimum Gasteiger partial charge on any atom is -0.316 e. The van der Waals surface area contributed by atoms with Gasteiger partial charge in [0.1, 0.15) is 0 Å². The molecule has 3 aliphatic rings. The molecule has 2 aromatic heterocycles. The van der Waals surface area contributed by atoms with Gasteiger partial charge in [-0.05, 0) is 95.0 Å². The van der Waals surface area contributed by atoms with Crippen LogP contribution in [-0.4, -0.2) is 19.5 Å². The molecule has 308 valence electrons. The van der Waals surface area contributed by atoms with E-state index in [1.165, 1.54) is 49.8 Å². The van der Waals surface area contributed by atoms with Gasteiger partial charge in [0.05, 0.1) is 16.9 Å². The first kappa shape index (κ1) is 39.0. The molecule has 0 saturated heterocycles. The molecule has 12 rings (SSSR count). The Labute approximate surface area is 374 Å². The Morgan fingerprint density at radius 1 is 0.547 bits per heavy atom. The summed E-state index contributed by atoms with van der Waals surface area (Å²) in [5, 5.41) is 5.92. The lowest BCUT2D eigenvalue weighted by atomic mass is 9.81. The maximum Gasteiger partial charge on any atom is 0.164 e. The van der Waals surface area contributed by atoms with E-state index in [9.17, 15) is 0 Å². The Morgan fingerprint density at radius 3 is 2.03 bits per heavy atom. The first-order valence-electron chi connectivity index (χ1n) is 22.5. The monoisotopic (exact) mass is 825 g/mol. The highest BCUT2D eigenvalue weighted by atomic mass is 15.1. The maximum atomic E-state index is 5.14. The minimum atomic E-state index is 0.634. The van der Waals surface area contributed by atoms with Crippen LogP contribution in [0.4, 0.5) is 11.4 Å². The molecule has 0 saturated carbocycles. The maximum absolute atomic E-state index is 5.14. The fraction of sp³-hybridized carbons (Fsp3) is 0.102. The molecule has 9 aromatic rings. The van der Waals surface area contributed by atoms with E-state index in [4.69, 9.17) is 21.5 Å². The predicted molar refractivity (Wildman–Crippen MR) is 269 cm³/mol. The summed E-state index contributed by atoms with van der Waals surface area (Å²) in [6.45, 7) is 8.78. The topological polar surface area (TPSA) is 46.8 Å². The van der Waals surface area contributed by atoms with E-state index in [1.54, 1.807) is 0 Å². The molecule has 5 heteroatoms. The van der Waals surface area contributed by atoms with Crippen molar-refractivity contribution in [2.24, 2.45) is 0 Å². The standard InChI is InChI=1S/C57H41N5.C2H6/c1-37-16-12-13-35-61(48-28-15-25-45-46(48)26-14-27-47(45)57-59-55(40-19-4-2-5-20-40)58-56(60-57)41-21-6-3-7-22-41)49-33-34-51-54(52(37)49)53-44-24-11-10-18-39(44)30-32-50(53)62(51)43-31-29-38-17-8-9-23-42(38)36-43;1-2/h2-10,12-23,25-29,31,33-36H,1,11,24,30,32H2;1-2H3/b16-12-,35-13-;. The molecular weight excluding hydrogens is 779 g/mol. The zero-order chi connectivity index (χ0) is 43.1. The molecule has 0 N–H and O–H groups in total. The van der Waals surface area contributed by atoms with Crippen molar-refractivity contribution in [1.82, 2.24) is 19.5 Å². The van der Waals surface area contributed by atoms with E-state index < -0.39 is 0 Å². The van der Waals surface area contributed by atoms with Gasteiger partial charge in [0.2, 0.25) is 0 Å². The van der Waals surface area contributed by atoms with E-state index in [0.717, 1.165) is 75.7 Å². The number of benzene rings is 7. The third kappa shape index (κ3) is 6.60. The van der Waals surface area contributed by atoms with Gasteiger partial charge < -0.3 is 9.47 Å². The van der Waals surface area contributed by atoms with E-state index in [-0.39, 0.29) is 0 Å². The second-order valence-corrected chi connectivity index (χ2v) is 16.3. The normalized spacial score (nSPS) is 15.2. The molecular formula is C59H47N5. The van der Waals surface area contributed by atoms with Gasteiger partial charge in [0, 0.05) is 56.2 Å². The Kier molecular flexibility index (Phi) is 10.0. The molecule has 3 heterocycles. The van der Waals surface area contributed by atoms with Crippen molar-refractivity contribution in [2.75, 3.05) is 4.90 Å². The summed E-state index contributed by atoms with van der Waals surface area (Å²) in [4.78, 5) is 17.6. The van der Waals surface area contributed by atoms with Crippen molar-refractivity contribution < 1.29 is 0 Å². The van der Waals surface area contributed by atoms with E-state index in [0.29, 0.717) is 17.5 Å². The van der Waals surface area contributed by atoms with E-state index >= 15 is 0 Å². The zero-order valence-corrected chi connectivity index (χ0v) is 36.2. The summed E-state index contributed by atoms with van der Waals surface area (Å²) in [6, 6.07) is 53.6. The average Bonchev–Trinajstić information content (AvgIpc) is 3.71. The molecule has 5 nitrogen and oxygen atoms in total. The van der Waals surface area contributed by atoms with Crippen LogP contribution in [0, 0.1) is 0 Å². The molecule has 1 aliphatic heterocycles. The van der Waals surface area contributed by atoms with Crippen LogP contribution in [0.5, 0.6) is 0 Å². The van der Waals surface area contributed by atoms with Gasteiger partial charge in [-0.1, -0.05) is 166 Å². The Hall–Kier alpha value is -7.89. The highest BCUT2D eigenvalue weighted by Gasteiger charge is 2.31. The molecule has 2 aliphatic carbocycles. The van der Waals surface area contributed by atoms with Crippen LogP contribution in [0.1, 0.15) is 49.9 Å². The third-order valence-corrected chi connectivity index (χ3v) is 12.7. The van der Waals surface area contributed by atoms with Crippen molar-refractivity contribution in [3.63, 3.8) is 0 Å². The number of hydrogen-bond acceptors (Lipinski definition) is 4. The molecule has 0 atom stereocenters. The molecule has 0 spiro atoms. The summed E-state index contributed by atoms with van der Waals surface area (Å²) in [5.41, 5.74) is 15.3. The summed E-state index contributed by atoms with van der Waals surface area (Å²) >= 11 is 0. The fourth-order valence-electron chi connectivity index (χ4n) is 9.92. The minimum absolute atomic E-state index is 0.634. The molecule has 0 amide bonds. The van der Waals surface area contributed by atoms with Gasteiger partial charge in [0.25, 0.3) is 0 Å². The summed E-state index contributed by atoms with van der Waals surface area (Å²) in [5.74, 6) is 1.92. The predicted octanol–water partition coefficient (Wildman–Crippen LogP) is 15.4. The van der Waals surface area contributed by atoms with E-state index in [2.05, 4.69) is 161 Å². The van der Waals surface area contributed by atoms with Crippen molar-refractivity contribution in [1.29, 1.82) is 0 Å². The smallest absolute Gasteiger partial charge is 0.164 e. The van der Waals surface area contributed by atoms with Crippen LogP contribution in [0.3, 0.4) is 0 Å². The Bertz CT molecular complexity index is 3360. The van der Waals surface area contributed by atoms with Gasteiger partial charge in [-0.25, -0.2) is 15.0 Å². The van der Waals surface area contributed by atoms with Crippen LogP contribution < -0.4 is 4.90 Å². The molecule has 0 fully saturated rings. The third-order valence-electron chi connectivity index (χ3n) is 12.7. The van der Waals surface area contributed by atoms with Gasteiger partial charge in [0.15, 0.2) is 17.5 Å². The number of anilines is 2. The van der Waals surface area contributed by atoms with Crippen LogP contribution in [0.25, 0.3) is 83.4 Å². The SMILES string of the molecule is C=C1/C=C\C=C/N(c2cccc3c(-c4nc(-c5ccccc5)nc(-c5ccccc5)n4)cccc23)c2ccc3c(c21)c1c(n3-c2ccc3ccccc3c2)CCC2=C1CCC=C2.CC. The summed E-state index contributed by atoms with van der Waals surface area (Å²) in [7, 11) is 0. The van der Waals surface area contributed by atoms with Crippen LogP contribution >= 0.6 is 0 Å². The van der Waals surface area contributed by atoms with Crippen molar-refractivity contribution in [3.8, 4) is 39.9 Å². The van der Waals surface area contributed by atoms with Crippen molar-refractivity contribution in [3.05, 3.63) is 217 Å². The summed E-state index contributed by atoms with van der Waals surface area (Å²) in [6.07, 6.45) is 17.4. The number of nitrogens with zero attached hydrogens (tertiary/aromatic N) is 5. The average molecular weight is 826 g/mol. The number of aromatic nitrogens is 4. The van der Waals surface area contributed by atoms with Gasteiger partial charge >= 0.3 is 0 Å². The second-order valence-electron chi connectivity index (χ2n) is 16.3. The highest BCUT2D eigenvalue weighted by Crippen LogP contribution is 2.50. The van der Waals surface area contributed by atoms with Gasteiger partial charge in [-0.3, -0.25) is 0 Å². The largest absolute Gasteiger partial charge is 0.316 e. The van der Waals surface area contributed by atoms with E-state index in [1.807, 2.05) is 50.2 Å². The zero-order valence-electron chi connectivity index (χ0n) is 36.2. The van der Waals surface area contributed by atoms with Crippen LogP contribution in [0.15, 0.2) is 200 Å². The molecule has 0 radical (unpaired) electrons. The van der Waals surface area contributed by atoms with Gasteiger partial charge in [-0.15, -0.1) is 0 Å². The number of hydrogen-bond donors (Lipinski definition) is 0. The van der Waals surface area contributed by atoms with Crippen LogP contribution in [0.2, 0.25) is 0 Å². The quantitative estimate of drug-likeness (QED) is 0.173. The van der Waals surface area contributed by atoms with Crippen LogP contribution in [-0.2, 0) is 6.42 Å². The number of fused-ring (bicyclic) bond motifs is 8. The molecule has 0 bridgehead atoms. The molecule has 7 aromatic carbocycles. The van der Waals surface area contributed by atoms with Crippen molar-refractivity contribution >= 4 is 55.0 Å². The highest BCUT2D eigenvalue weighted by molar-refractivity contribution is 6.11. The first-order valence-corrected chi connectivity index (χ1v) is 22.5. The lowest BCUT2D eigenvalue weighted by Gasteiger charge is -2.28. The number of allylic oxidation sites excluding steroid dienone is 8. The summed E-state index contributed by atoms with van der Waals surface area (Å²) < 4.78 is 2.54. The fourth-order valence-corrected chi connectivity index (χ4v) is 9.92. The molecule has 0 unspecified atom stereocenters. The lowest BCUT2D eigenvalue weighted by molar-refractivity contribution is 0.842. The first-order chi connectivity index (χ1) is 31.7. The van der Waals surface area contributed by atoms with Gasteiger partial charge in [-0.2, -0.15) is 0 Å². The number of rotatable bonds is 5. The molecule has 64 heavy (non-hydrogen) atoms. The Morgan fingerprint density at radius 2 is 1.25 bits per heavy atom. The lowest BCUT2D eigenvalue weighted by Crippen LogP contribution is -2.12. The second kappa shape index (κ2) is 16.4. The van der Waals surface area contributed by atoms with Crippen molar-refractivity contribution in [2.45, 2.75) is 39.5 Å².